The highest BCUT2D eigenvalue weighted by molar-refractivity contribution is 5.21. The molecule has 0 aliphatic rings. The van der Waals surface area contributed by atoms with Gasteiger partial charge in [0.15, 0.2) is 0 Å². The van der Waals surface area contributed by atoms with Crippen LogP contribution >= 0.6 is 0 Å². The Labute approximate surface area is 93.1 Å². The van der Waals surface area contributed by atoms with Crippen LogP contribution in [0.25, 0.3) is 0 Å². The van der Waals surface area contributed by atoms with Crippen molar-refractivity contribution in [1.29, 1.82) is 0 Å². The summed E-state index contributed by atoms with van der Waals surface area (Å²) >= 11 is 0. The van der Waals surface area contributed by atoms with Crippen molar-refractivity contribution < 1.29 is 5.11 Å². The molecule has 0 fully saturated rings. The van der Waals surface area contributed by atoms with E-state index < -0.39 is 0 Å². The Balaban J connectivity index is 2.92. The van der Waals surface area contributed by atoms with E-state index in [-0.39, 0.29) is 12.0 Å². The van der Waals surface area contributed by atoms with Crippen molar-refractivity contribution >= 4 is 0 Å². The fourth-order valence-corrected chi connectivity index (χ4v) is 2.42. The first-order chi connectivity index (χ1) is 7.20. The van der Waals surface area contributed by atoms with Gasteiger partial charge in [-0.1, -0.05) is 57.0 Å². The first-order valence-electron chi connectivity index (χ1n) is 5.93. The molecule has 0 amide bonds. The monoisotopic (exact) mass is 206 g/mol. The molecule has 0 bridgehead atoms. The molecule has 0 heterocycles. The van der Waals surface area contributed by atoms with Gasteiger partial charge in [0, 0.05) is 5.92 Å². The van der Waals surface area contributed by atoms with Gasteiger partial charge in [0.25, 0.3) is 0 Å². The molecule has 84 valence electrons. The van der Waals surface area contributed by atoms with E-state index in [9.17, 15) is 5.11 Å². The molecule has 1 nitrogen and oxygen atoms in total. The van der Waals surface area contributed by atoms with E-state index in [1.807, 2.05) is 25.1 Å². The molecule has 0 radical (unpaired) electrons. The van der Waals surface area contributed by atoms with E-state index >= 15 is 0 Å². The number of aliphatic hydroxyl groups is 1. The second kappa shape index (κ2) is 5.92. The van der Waals surface area contributed by atoms with Crippen molar-refractivity contribution in [1.82, 2.24) is 0 Å². The number of aliphatic hydroxyl groups excluding tert-OH is 1. The molecule has 0 aromatic heterocycles. The van der Waals surface area contributed by atoms with Gasteiger partial charge in [-0.2, -0.15) is 0 Å². The average Bonchev–Trinajstić information content (AvgIpc) is 2.26. The maximum atomic E-state index is 9.90. The van der Waals surface area contributed by atoms with Crippen LogP contribution in [0.1, 0.15) is 45.1 Å². The molecule has 1 aromatic carbocycles. The van der Waals surface area contributed by atoms with Gasteiger partial charge >= 0.3 is 0 Å². The summed E-state index contributed by atoms with van der Waals surface area (Å²) in [6.07, 6.45) is 1.99. The Morgan fingerprint density at radius 2 is 1.60 bits per heavy atom. The van der Waals surface area contributed by atoms with Gasteiger partial charge in [-0.25, -0.2) is 0 Å². The SMILES string of the molecule is CCC(CC)[C@@H](c1ccccc1)[C@@H](C)O. The minimum absolute atomic E-state index is 0.266. The van der Waals surface area contributed by atoms with E-state index in [4.69, 9.17) is 0 Å². The van der Waals surface area contributed by atoms with Gasteiger partial charge < -0.3 is 5.11 Å². The molecule has 1 aromatic rings. The number of hydrogen-bond acceptors (Lipinski definition) is 1. The predicted molar refractivity (Wildman–Crippen MR) is 64.9 cm³/mol. The molecule has 0 saturated carbocycles. The fraction of sp³-hybridized carbons (Fsp3) is 0.571. The molecule has 0 spiro atoms. The highest BCUT2D eigenvalue weighted by Gasteiger charge is 2.24. The van der Waals surface area contributed by atoms with Crippen LogP contribution in [-0.2, 0) is 0 Å². The number of benzene rings is 1. The second-order valence-corrected chi connectivity index (χ2v) is 4.25. The van der Waals surface area contributed by atoms with Crippen molar-refractivity contribution in [3.8, 4) is 0 Å². The van der Waals surface area contributed by atoms with Crippen molar-refractivity contribution in [2.24, 2.45) is 5.92 Å². The van der Waals surface area contributed by atoms with E-state index in [1.165, 1.54) is 5.56 Å². The molecule has 1 N–H and O–H groups in total. The summed E-state index contributed by atoms with van der Waals surface area (Å²) in [6, 6.07) is 10.4. The largest absolute Gasteiger partial charge is 0.393 e. The third kappa shape index (κ3) is 3.07. The summed E-state index contributed by atoms with van der Waals surface area (Å²) in [6.45, 7) is 6.30. The van der Waals surface area contributed by atoms with Crippen molar-refractivity contribution in [3.05, 3.63) is 35.9 Å². The minimum atomic E-state index is -0.266. The molecule has 0 unspecified atom stereocenters. The zero-order valence-electron chi connectivity index (χ0n) is 9.98. The van der Waals surface area contributed by atoms with Crippen molar-refractivity contribution in [2.45, 2.75) is 45.6 Å². The molecular formula is C14H22O. The standard InChI is InChI=1S/C14H22O/c1-4-12(5-2)14(11(3)15)13-9-7-6-8-10-13/h6-12,14-15H,4-5H2,1-3H3/t11-,14+/m1/s1. The van der Waals surface area contributed by atoms with Crippen molar-refractivity contribution in [3.63, 3.8) is 0 Å². The van der Waals surface area contributed by atoms with E-state index in [0.29, 0.717) is 5.92 Å². The number of hydrogen-bond donors (Lipinski definition) is 1. The first-order valence-corrected chi connectivity index (χ1v) is 5.93. The van der Waals surface area contributed by atoms with Gasteiger partial charge in [0.2, 0.25) is 0 Å². The lowest BCUT2D eigenvalue weighted by atomic mass is 9.79. The molecule has 2 atom stereocenters. The van der Waals surface area contributed by atoms with Gasteiger partial charge in [0.1, 0.15) is 0 Å². The van der Waals surface area contributed by atoms with Gasteiger partial charge in [-0.15, -0.1) is 0 Å². The van der Waals surface area contributed by atoms with Crippen LogP contribution < -0.4 is 0 Å². The van der Waals surface area contributed by atoms with Crippen LogP contribution in [0.15, 0.2) is 30.3 Å². The van der Waals surface area contributed by atoms with Crippen LogP contribution in [0.5, 0.6) is 0 Å². The zero-order chi connectivity index (χ0) is 11.3. The summed E-state index contributed by atoms with van der Waals surface area (Å²) in [5, 5.41) is 9.90. The fourth-order valence-electron chi connectivity index (χ4n) is 2.42. The third-order valence-electron chi connectivity index (χ3n) is 3.26. The Bertz CT molecular complexity index is 262. The molecule has 15 heavy (non-hydrogen) atoms. The summed E-state index contributed by atoms with van der Waals surface area (Å²) in [5.74, 6) is 0.855. The van der Waals surface area contributed by atoms with E-state index in [2.05, 4.69) is 26.0 Å². The Morgan fingerprint density at radius 3 is 2.00 bits per heavy atom. The molecule has 1 rings (SSSR count). The van der Waals surface area contributed by atoms with E-state index in [0.717, 1.165) is 12.8 Å². The van der Waals surface area contributed by atoms with Crippen LogP contribution in [0.2, 0.25) is 0 Å². The first kappa shape index (κ1) is 12.3. The molecule has 0 aliphatic heterocycles. The van der Waals surface area contributed by atoms with Crippen molar-refractivity contribution in [2.75, 3.05) is 0 Å². The van der Waals surface area contributed by atoms with Crippen LogP contribution in [0.4, 0.5) is 0 Å². The quantitative estimate of drug-likeness (QED) is 0.780. The van der Waals surface area contributed by atoms with Gasteiger partial charge in [-0.05, 0) is 18.4 Å². The van der Waals surface area contributed by atoms with Crippen LogP contribution in [-0.4, -0.2) is 11.2 Å². The Hall–Kier alpha value is -0.820. The highest BCUT2D eigenvalue weighted by atomic mass is 16.3. The second-order valence-electron chi connectivity index (χ2n) is 4.25. The minimum Gasteiger partial charge on any atom is -0.393 e. The summed E-state index contributed by atoms with van der Waals surface area (Å²) in [5.41, 5.74) is 1.27. The summed E-state index contributed by atoms with van der Waals surface area (Å²) < 4.78 is 0. The van der Waals surface area contributed by atoms with Crippen LogP contribution in [0.3, 0.4) is 0 Å². The maximum Gasteiger partial charge on any atom is 0.0583 e. The lowest BCUT2D eigenvalue weighted by molar-refractivity contribution is 0.128. The summed E-state index contributed by atoms with van der Waals surface area (Å²) in [4.78, 5) is 0. The normalized spacial score (nSPS) is 15.3. The molecule has 0 saturated heterocycles. The van der Waals surface area contributed by atoms with Gasteiger partial charge in [-0.3, -0.25) is 0 Å². The number of rotatable bonds is 5. The zero-order valence-corrected chi connectivity index (χ0v) is 9.98. The lowest BCUT2D eigenvalue weighted by Crippen LogP contribution is -2.22. The topological polar surface area (TPSA) is 20.2 Å². The lowest BCUT2D eigenvalue weighted by Gasteiger charge is -2.28. The molecule has 1 heteroatoms. The maximum absolute atomic E-state index is 9.90. The predicted octanol–water partition coefficient (Wildman–Crippen LogP) is 3.59. The van der Waals surface area contributed by atoms with E-state index in [1.54, 1.807) is 0 Å². The smallest absolute Gasteiger partial charge is 0.0583 e. The molecular weight excluding hydrogens is 184 g/mol. The average molecular weight is 206 g/mol. The Morgan fingerprint density at radius 1 is 1.07 bits per heavy atom. The van der Waals surface area contributed by atoms with Crippen LogP contribution in [0, 0.1) is 5.92 Å². The Kier molecular flexibility index (Phi) is 4.83. The highest BCUT2D eigenvalue weighted by Crippen LogP contribution is 2.32. The molecule has 0 aliphatic carbocycles. The van der Waals surface area contributed by atoms with Gasteiger partial charge in [0.05, 0.1) is 6.10 Å². The third-order valence-corrected chi connectivity index (χ3v) is 3.26. The summed E-state index contributed by atoms with van der Waals surface area (Å²) in [7, 11) is 0.